The van der Waals surface area contributed by atoms with E-state index in [-0.39, 0.29) is 11.8 Å². The van der Waals surface area contributed by atoms with Crippen LogP contribution in [0.4, 0.5) is 0 Å². The molecular weight excluding hydrogens is 166 g/mol. The molecule has 3 heteroatoms. The van der Waals surface area contributed by atoms with Crippen LogP contribution in [-0.2, 0) is 9.53 Å². The first-order valence-corrected chi connectivity index (χ1v) is 4.94. The van der Waals surface area contributed by atoms with Crippen molar-refractivity contribution in [2.75, 3.05) is 26.8 Å². The summed E-state index contributed by atoms with van der Waals surface area (Å²) in [5, 5.41) is 0. The van der Waals surface area contributed by atoms with Gasteiger partial charge in [0, 0.05) is 13.6 Å². The SMILES string of the molecule is CC(C)CCN(C)C(=O)C1COC1. The van der Waals surface area contributed by atoms with Gasteiger partial charge in [-0.1, -0.05) is 13.8 Å². The van der Waals surface area contributed by atoms with Crippen molar-refractivity contribution in [3.8, 4) is 0 Å². The van der Waals surface area contributed by atoms with E-state index in [1.165, 1.54) is 0 Å². The normalized spacial score (nSPS) is 17.2. The fraction of sp³-hybridized carbons (Fsp3) is 0.900. The Bertz CT molecular complexity index is 176. The van der Waals surface area contributed by atoms with Gasteiger partial charge >= 0.3 is 0 Å². The van der Waals surface area contributed by atoms with Crippen molar-refractivity contribution in [1.29, 1.82) is 0 Å². The maximum Gasteiger partial charge on any atom is 0.230 e. The summed E-state index contributed by atoms with van der Waals surface area (Å²) >= 11 is 0. The number of nitrogens with zero attached hydrogens (tertiary/aromatic N) is 1. The summed E-state index contributed by atoms with van der Waals surface area (Å²) in [4.78, 5) is 13.4. The smallest absolute Gasteiger partial charge is 0.230 e. The lowest BCUT2D eigenvalue weighted by Crippen LogP contribution is -2.43. The summed E-state index contributed by atoms with van der Waals surface area (Å²) < 4.78 is 4.98. The second-order valence-corrected chi connectivity index (χ2v) is 4.18. The van der Waals surface area contributed by atoms with Crippen LogP contribution in [0.3, 0.4) is 0 Å². The predicted octanol–water partition coefficient (Wildman–Crippen LogP) is 1.14. The molecule has 1 fully saturated rings. The lowest BCUT2D eigenvalue weighted by molar-refractivity contribution is -0.148. The molecule has 1 heterocycles. The Balaban J connectivity index is 2.21. The second-order valence-electron chi connectivity index (χ2n) is 4.18. The lowest BCUT2D eigenvalue weighted by Gasteiger charge is -2.29. The molecule has 0 aliphatic carbocycles. The van der Waals surface area contributed by atoms with Crippen LogP contribution in [0, 0.1) is 11.8 Å². The van der Waals surface area contributed by atoms with E-state index < -0.39 is 0 Å². The fourth-order valence-electron chi connectivity index (χ4n) is 1.25. The average Bonchev–Trinajstić information content (AvgIpc) is 1.96. The van der Waals surface area contributed by atoms with Crippen molar-refractivity contribution in [3.05, 3.63) is 0 Å². The maximum absolute atomic E-state index is 11.6. The zero-order chi connectivity index (χ0) is 9.84. The summed E-state index contributed by atoms with van der Waals surface area (Å²) in [6.45, 7) is 6.44. The molecule has 1 rings (SSSR count). The summed E-state index contributed by atoms with van der Waals surface area (Å²) in [7, 11) is 1.88. The van der Waals surface area contributed by atoms with Crippen LogP contribution in [-0.4, -0.2) is 37.6 Å². The molecule has 76 valence electrons. The van der Waals surface area contributed by atoms with Crippen LogP contribution in [0.2, 0.25) is 0 Å². The summed E-state index contributed by atoms with van der Waals surface area (Å²) in [6, 6.07) is 0. The van der Waals surface area contributed by atoms with Crippen LogP contribution in [0.1, 0.15) is 20.3 Å². The molecule has 1 amide bonds. The molecule has 0 aromatic rings. The minimum atomic E-state index is 0.136. The predicted molar refractivity (Wildman–Crippen MR) is 51.4 cm³/mol. The molecule has 0 N–H and O–H groups in total. The van der Waals surface area contributed by atoms with Gasteiger partial charge in [-0.15, -0.1) is 0 Å². The molecule has 0 aromatic heterocycles. The summed E-state index contributed by atoms with van der Waals surface area (Å²) in [6.07, 6.45) is 1.08. The molecule has 0 saturated carbocycles. The highest BCUT2D eigenvalue weighted by Gasteiger charge is 2.28. The quantitative estimate of drug-likeness (QED) is 0.657. The highest BCUT2D eigenvalue weighted by molar-refractivity contribution is 5.79. The first-order valence-electron chi connectivity index (χ1n) is 4.94. The summed E-state index contributed by atoms with van der Waals surface area (Å²) in [5.74, 6) is 1.04. The molecular formula is C10H19NO2. The van der Waals surface area contributed by atoms with Crippen LogP contribution in [0.5, 0.6) is 0 Å². The standard InChI is InChI=1S/C10H19NO2/c1-8(2)4-5-11(3)10(12)9-6-13-7-9/h8-9H,4-7H2,1-3H3. The third kappa shape index (κ3) is 2.99. The van der Waals surface area contributed by atoms with Crippen molar-refractivity contribution >= 4 is 5.91 Å². The van der Waals surface area contributed by atoms with Gasteiger partial charge in [-0.05, 0) is 12.3 Å². The number of ether oxygens (including phenoxy) is 1. The summed E-state index contributed by atoms with van der Waals surface area (Å²) in [5.41, 5.74) is 0. The van der Waals surface area contributed by atoms with Crippen molar-refractivity contribution in [1.82, 2.24) is 4.90 Å². The van der Waals surface area contributed by atoms with Crippen molar-refractivity contribution in [2.45, 2.75) is 20.3 Å². The van der Waals surface area contributed by atoms with Crippen molar-refractivity contribution < 1.29 is 9.53 Å². The largest absolute Gasteiger partial charge is 0.380 e. The van der Waals surface area contributed by atoms with Crippen LogP contribution in [0.25, 0.3) is 0 Å². The molecule has 13 heavy (non-hydrogen) atoms. The zero-order valence-corrected chi connectivity index (χ0v) is 8.75. The third-order valence-corrected chi connectivity index (χ3v) is 2.41. The van der Waals surface area contributed by atoms with Gasteiger partial charge in [-0.2, -0.15) is 0 Å². The van der Waals surface area contributed by atoms with E-state index in [0.717, 1.165) is 13.0 Å². The van der Waals surface area contributed by atoms with Gasteiger partial charge in [0.05, 0.1) is 19.1 Å². The molecule has 1 aliphatic heterocycles. The number of hydrogen-bond donors (Lipinski definition) is 0. The van der Waals surface area contributed by atoms with Gasteiger partial charge in [0.1, 0.15) is 0 Å². The highest BCUT2D eigenvalue weighted by atomic mass is 16.5. The van der Waals surface area contributed by atoms with E-state index in [9.17, 15) is 4.79 Å². The molecule has 0 bridgehead atoms. The van der Waals surface area contributed by atoms with Crippen LogP contribution in [0.15, 0.2) is 0 Å². The average molecular weight is 185 g/mol. The van der Waals surface area contributed by atoms with Gasteiger partial charge in [0.25, 0.3) is 0 Å². The molecule has 3 nitrogen and oxygen atoms in total. The van der Waals surface area contributed by atoms with Crippen molar-refractivity contribution in [2.24, 2.45) is 11.8 Å². The van der Waals surface area contributed by atoms with Crippen molar-refractivity contribution in [3.63, 3.8) is 0 Å². The van der Waals surface area contributed by atoms with Gasteiger partial charge in [-0.25, -0.2) is 0 Å². The van der Waals surface area contributed by atoms with E-state index in [2.05, 4.69) is 13.8 Å². The lowest BCUT2D eigenvalue weighted by atomic mass is 10.1. The maximum atomic E-state index is 11.6. The topological polar surface area (TPSA) is 29.5 Å². The van der Waals surface area contributed by atoms with E-state index >= 15 is 0 Å². The third-order valence-electron chi connectivity index (χ3n) is 2.41. The fourth-order valence-corrected chi connectivity index (χ4v) is 1.25. The first kappa shape index (κ1) is 10.5. The van der Waals surface area contributed by atoms with Gasteiger partial charge in [-0.3, -0.25) is 4.79 Å². The van der Waals surface area contributed by atoms with E-state index in [1.807, 2.05) is 11.9 Å². The Morgan fingerprint density at radius 2 is 2.15 bits per heavy atom. The van der Waals surface area contributed by atoms with Gasteiger partial charge in [0.2, 0.25) is 5.91 Å². The minimum Gasteiger partial charge on any atom is -0.380 e. The Kier molecular flexibility index (Phi) is 3.72. The number of carbonyl (C=O) groups is 1. The van der Waals surface area contributed by atoms with E-state index in [0.29, 0.717) is 19.1 Å². The Labute approximate surface area is 80.1 Å². The number of rotatable bonds is 4. The Morgan fingerprint density at radius 3 is 2.54 bits per heavy atom. The molecule has 0 radical (unpaired) electrons. The van der Waals surface area contributed by atoms with Crippen LogP contribution >= 0.6 is 0 Å². The molecule has 0 atom stereocenters. The number of hydrogen-bond acceptors (Lipinski definition) is 2. The number of amides is 1. The molecule has 0 spiro atoms. The van der Waals surface area contributed by atoms with Gasteiger partial charge < -0.3 is 9.64 Å². The Hall–Kier alpha value is -0.570. The first-order chi connectivity index (χ1) is 6.11. The number of carbonyl (C=O) groups excluding carboxylic acids is 1. The zero-order valence-electron chi connectivity index (χ0n) is 8.75. The van der Waals surface area contributed by atoms with E-state index in [4.69, 9.17) is 4.74 Å². The molecule has 1 saturated heterocycles. The monoisotopic (exact) mass is 185 g/mol. The minimum absolute atomic E-state index is 0.136. The molecule has 0 unspecified atom stereocenters. The molecule has 1 aliphatic rings. The van der Waals surface area contributed by atoms with Gasteiger partial charge in [0.15, 0.2) is 0 Å². The Morgan fingerprint density at radius 1 is 1.54 bits per heavy atom. The molecule has 0 aromatic carbocycles. The second kappa shape index (κ2) is 4.61. The highest BCUT2D eigenvalue weighted by Crippen LogP contribution is 2.13. The van der Waals surface area contributed by atoms with E-state index in [1.54, 1.807) is 0 Å². The van der Waals surface area contributed by atoms with Crippen LogP contribution < -0.4 is 0 Å².